The first-order valence-electron chi connectivity index (χ1n) is 8.92. The second-order valence-corrected chi connectivity index (χ2v) is 7.75. The molecule has 0 radical (unpaired) electrons. The van der Waals surface area contributed by atoms with Crippen LogP contribution in [0.15, 0.2) is 66.7 Å². The van der Waals surface area contributed by atoms with E-state index in [1.165, 1.54) is 11.3 Å². The second kappa shape index (κ2) is 8.52. The van der Waals surface area contributed by atoms with Crippen LogP contribution >= 0.6 is 22.9 Å². The number of aromatic nitrogens is 1. The van der Waals surface area contributed by atoms with Gasteiger partial charge in [-0.3, -0.25) is 4.79 Å². The number of thiazole rings is 1. The van der Waals surface area contributed by atoms with Crippen LogP contribution in [0.1, 0.15) is 10.4 Å². The minimum atomic E-state index is -1.08. The summed E-state index contributed by atoms with van der Waals surface area (Å²) in [5, 5.41) is 12.8. The highest BCUT2D eigenvalue weighted by molar-refractivity contribution is 7.21. The lowest BCUT2D eigenvalue weighted by Gasteiger charge is -2.12. The molecule has 150 valence electrons. The number of hydrogen-bond donors (Lipinski definition) is 2. The Hall–Kier alpha value is -3.42. The number of nitrogens with one attached hydrogen (secondary N) is 1. The summed E-state index contributed by atoms with van der Waals surface area (Å²) in [6.45, 7) is -0.483. The second-order valence-electron chi connectivity index (χ2n) is 6.31. The van der Waals surface area contributed by atoms with Crippen molar-refractivity contribution in [3.63, 3.8) is 0 Å². The maximum atomic E-state index is 12.6. The molecule has 30 heavy (non-hydrogen) atoms. The van der Waals surface area contributed by atoms with E-state index in [2.05, 4.69) is 10.3 Å². The molecule has 1 heterocycles. The number of para-hydroxylation sites is 1. The molecule has 8 heteroatoms. The first-order chi connectivity index (χ1) is 14.5. The van der Waals surface area contributed by atoms with E-state index in [4.69, 9.17) is 21.4 Å². The minimum absolute atomic E-state index is 0.350. The van der Waals surface area contributed by atoms with Crippen molar-refractivity contribution in [1.29, 1.82) is 0 Å². The predicted molar refractivity (Wildman–Crippen MR) is 118 cm³/mol. The Morgan fingerprint density at radius 1 is 1.07 bits per heavy atom. The Kier molecular flexibility index (Phi) is 5.65. The highest BCUT2D eigenvalue weighted by Crippen LogP contribution is 2.37. The van der Waals surface area contributed by atoms with Gasteiger partial charge in [0.1, 0.15) is 10.8 Å². The average molecular weight is 439 g/mol. The molecular weight excluding hydrogens is 424 g/mol. The summed E-state index contributed by atoms with van der Waals surface area (Å²) in [6, 6.07) is 19.4. The van der Waals surface area contributed by atoms with Crippen LogP contribution < -0.4 is 10.1 Å². The molecule has 0 aliphatic heterocycles. The molecule has 4 rings (SSSR count). The number of nitrogens with zero attached hydrogens (tertiary/aromatic N) is 1. The number of ether oxygens (including phenoxy) is 1. The maximum absolute atomic E-state index is 12.6. The van der Waals surface area contributed by atoms with E-state index in [0.29, 0.717) is 32.6 Å². The van der Waals surface area contributed by atoms with Crippen molar-refractivity contribution in [2.45, 2.75) is 0 Å². The van der Waals surface area contributed by atoms with Crippen LogP contribution in [0.25, 0.3) is 20.8 Å². The molecule has 1 aromatic heterocycles. The van der Waals surface area contributed by atoms with Gasteiger partial charge in [0.25, 0.3) is 5.91 Å². The van der Waals surface area contributed by atoms with Crippen LogP contribution in [0, 0.1) is 0 Å². The molecule has 0 spiro atoms. The number of carboxylic acid groups (broad SMARTS) is 1. The van der Waals surface area contributed by atoms with Crippen LogP contribution in [0.3, 0.4) is 0 Å². The summed E-state index contributed by atoms with van der Waals surface area (Å²) < 4.78 is 6.43. The lowest BCUT2D eigenvalue weighted by Crippen LogP contribution is -2.13. The zero-order valence-corrected chi connectivity index (χ0v) is 17.0. The number of rotatable bonds is 6. The molecule has 2 N–H and O–H groups in total. The quantitative estimate of drug-likeness (QED) is 0.424. The van der Waals surface area contributed by atoms with Gasteiger partial charge in [-0.05, 0) is 42.5 Å². The highest BCUT2D eigenvalue weighted by Gasteiger charge is 2.16. The third-order valence-corrected chi connectivity index (χ3v) is 5.63. The van der Waals surface area contributed by atoms with E-state index in [1.54, 1.807) is 42.5 Å². The zero-order chi connectivity index (χ0) is 21.1. The van der Waals surface area contributed by atoms with Gasteiger partial charge in [-0.1, -0.05) is 35.9 Å². The number of hydrogen-bond acceptors (Lipinski definition) is 5. The van der Waals surface area contributed by atoms with Crippen LogP contribution in [-0.4, -0.2) is 28.6 Å². The summed E-state index contributed by atoms with van der Waals surface area (Å²) in [7, 11) is 0. The Morgan fingerprint density at radius 2 is 1.83 bits per heavy atom. The van der Waals surface area contributed by atoms with Gasteiger partial charge in [-0.15, -0.1) is 11.3 Å². The van der Waals surface area contributed by atoms with Gasteiger partial charge in [0.15, 0.2) is 6.61 Å². The van der Waals surface area contributed by atoms with E-state index in [9.17, 15) is 9.59 Å². The molecule has 0 fully saturated rings. The molecule has 0 unspecified atom stereocenters. The Morgan fingerprint density at radius 3 is 2.60 bits per heavy atom. The van der Waals surface area contributed by atoms with Gasteiger partial charge in [0, 0.05) is 5.69 Å². The number of aliphatic carboxylic acids is 1. The smallest absolute Gasteiger partial charge is 0.341 e. The molecule has 0 saturated carbocycles. The van der Waals surface area contributed by atoms with E-state index < -0.39 is 12.6 Å². The topological polar surface area (TPSA) is 88.5 Å². The minimum Gasteiger partial charge on any atom is -0.481 e. The van der Waals surface area contributed by atoms with Crippen molar-refractivity contribution < 1.29 is 19.4 Å². The number of halogens is 1. The van der Waals surface area contributed by atoms with Crippen LogP contribution in [0.5, 0.6) is 5.75 Å². The summed E-state index contributed by atoms with van der Waals surface area (Å²) in [5.41, 5.74) is 2.28. The average Bonchev–Trinajstić information content (AvgIpc) is 3.17. The van der Waals surface area contributed by atoms with Gasteiger partial charge in [-0.2, -0.15) is 0 Å². The molecule has 0 aliphatic carbocycles. The number of fused-ring (bicyclic) bond motifs is 1. The summed E-state index contributed by atoms with van der Waals surface area (Å²) in [4.78, 5) is 28.2. The van der Waals surface area contributed by atoms with Crippen LogP contribution in [0.4, 0.5) is 5.69 Å². The molecule has 1 amide bonds. The van der Waals surface area contributed by atoms with E-state index in [1.807, 2.05) is 24.3 Å². The molecule has 3 aromatic carbocycles. The van der Waals surface area contributed by atoms with E-state index >= 15 is 0 Å². The van der Waals surface area contributed by atoms with Crippen molar-refractivity contribution in [1.82, 2.24) is 4.98 Å². The predicted octanol–water partition coefficient (Wildman–Crippen LogP) is 5.33. The first-order valence-corrected chi connectivity index (χ1v) is 10.1. The van der Waals surface area contributed by atoms with Crippen molar-refractivity contribution in [2.24, 2.45) is 0 Å². The Balaban J connectivity index is 1.71. The fourth-order valence-corrected chi connectivity index (χ4v) is 4.08. The number of anilines is 1. The van der Waals surface area contributed by atoms with Crippen molar-refractivity contribution in [3.8, 4) is 16.3 Å². The number of carbonyl (C=O) groups is 2. The van der Waals surface area contributed by atoms with Gasteiger partial charge in [0.05, 0.1) is 26.4 Å². The van der Waals surface area contributed by atoms with E-state index in [0.717, 1.165) is 10.2 Å². The molecule has 0 bridgehead atoms. The first kappa shape index (κ1) is 19.9. The van der Waals surface area contributed by atoms with Gasteiger partial charge < -0.3 is 15.2 Å². The van der Waals surface area contributed by atoms with Crippen molar-refractivity contribution in [3.05, 3.63) is 77.3 Å². The van der Waals surface area contributed by atoms with Gasteiger partial charge >= 0.3 is 5.97 Å². The fourth-order valence-electron chi connectivity index (χ4n) is 2.87. The largest absolute Gasteiger partial charge is 0.481 e. The van der Waals surface area contributed by atoms with Crippen molar-refractivity contribution >= 4 is 50.7 Å². The molecular formula is C22H15ClN2O4S. The number of carbonyl (C=O) groups excluding carboxylic acids is 1. The Labute approximate surface area is 180 Å². The standard InChI is InChI=1S/C22H15ClN2O4S/c23-16-6-2-1-5-14(16)21(28)24-13-9-10-18(29-12-20(26)27)15(11-13)22-25-17-7-3-4-8-19(17)30-22/h1-11H,12H2,(H,24,28)(H,26,27). The SMILES string of the molecule is O=C(O)COc1ccc(NC(=O)c2ccccc2Cl)cc1-c1nc2ccccc2s1. The lowest BCUT2D eigenvalue weighted by molar-refractivity contribution is -0.139. The van der Waals surface area contributed by atoms with Crippen LogP contribution in [0.2, 0.25) is 5.02 Å². The highest BCUT2D eigenvalue weighted by atomic mass is 35.5. The monoisotopic (exact) mass is 438 g/mol. The summed E-state index contributed by atoms with van der Waals surface area (Å²) in [5.74, 6) is -1.07. The summed E-state index contributed by atoms with van der Waals surface area (Å²) in [6.07, 6.45) is 0. The van der Waals surface area contributed by atoms with Crippen LogP contribution in [-0.2, 0) is 4.79 Å². The van der Waals surface area contributed by atoms with E-state index in [-0.39, 0.29) is 5.91 Å². The third kappa shape index (κ3) is 4.27. The van der Waals surface area contributed by atoms with Gasteiger partial charge in [-0.25, -0.2) is 9.78 Å². The Bertz CT molecular complexity index is 1220. The molecule has 0 saturated heterocycles. The molecule has 0 atom stereocenters. The lowest BCUT2D eigenvalue weighted by atomic mass is 10.1. The maximum Gasteiger partial charge on any atom is 0.341 e. The summed E-state index contributed by atoms with van der Waals surface area (Å²) >= 11 is 7.56. The van der Waals surface area contributed by atoms with Crippen molar-refractivity contribution in [2.75, 3.05) is 11.9 Å². The third-order valence-electron chi connectivity index (χ3n) is 4.23. The number of carboxylic acids is 1. The van der Waals surface area contributed by atoms with Gasteiger partial charge in [0.2, 0.25) is 0 Å². The number of benzene rings is 3. The molecule has 6 nitrogen and oxygen atoms in total. The fraction of sp³-hybridized carbons (Fsp3) is 0.0455. The molecule has 4 aromatic rings. The molecule has 0 aliphatic rings. The zero-order valence-electron chi connectivity index (χ0n) is 15.5. The normalized spacial score (nSPS) is 10.7. The number of amides is 1.